The standard InChI is InChI=1S/C13H20ClNO3/c1-10(6-7-16)15-8-11(17)9-18-13-5-3-2-4-12(13)14/h2-5,10-11,15-17H,6-9H2,1H3. The lowest BCUT2D eigenvalue weighted by Crippen LogP contribution is -2.37. The molecule has 1 aromatic rings. The van der Waals surface area contributed by atoms with Crippen molar-refractivity contribution in [3.05, 3.63) is 29.3 Å². The van der Waals surface area contributed by atoms with Crippen LogP contribution in [0.5, 0.6) is 5.75 Å². The Kier molecular flexibility index (Phi) is 7.05. The molecule has 0 aliphatic carbocycles. The first-order valence-corrected chi connectivity index (χ1v) is 6.41. The number of ether oxygens (including phenoxy) is 1. The van der Waals surface area contributed by atoms with Crippen LogP contribution in [0.25, 0.3) is 0 Å². The van der Waals surface area contributed by atoms with Gasteiger partial charge >= 0.3 is 0 Å². The monoisotopic (exact) mass is 273 g/mol. The average Bonchev–Trinajstić information content (AvgIpc) is 2.36. The first-order valence-electron chi connectivity index (χ1n) is 6.03. The van der Waals surface area contributed by atoms with Gasteiger partial charge in [-0.2, -0.15) is 0 Å². The molecule has 2 atom stereocenters. The molecule has 1 rings (SSSR count). The number of aliphatic hydroxyl groups is 2. The average molecular weight is 274 g/mol. The number of halogens is 1. The van der Waals surface area contributed by atoms with Crippen LogP contribution in [-0.4, -0.2) is 42.1 Å². The van der Waals surface area contributed by atoms with E-state index in [4.69, 9.17) is 21.4 Å². The van der Waals surface area contributed by atoms with Gasteiger partial charge in [-0.3, -0.25) is 0 Å². The van der Waals surface area contributed by atoms with Crippen molar-refractivity contribution in [2.75, 3.05) is 19.8 Å². The molecule has 1 aromatic carbocycles. The fraction of sp³-hybridized carbons (Fsp3) is 0.538. The van der Waals surface area contributed by atoms with Crippen LogP contribution in [0.4, 0.5) is 0 Å². The third-order valence-electron chi connectivity index (χ3n) is 2.53. The molecule has 0 radical (unpaired) electrons. The van der Waals surface area contributed by atoms with Crippen molar-refractivity contribution < 1.29 is 14.9 Å². The summed E-state index contributed by atoms with van der Waals surface area (Å²) >= 11 is 5.93. The molecule has 0 spiro atoms. The van der Waals surface area contributed by atoms with E-state index in [-0.39, 0.29) is 19.3 Å². The Morgan fingerprint density at radius 1 is 1.39 bits per heavy atom. The minimum Gasteiger partial charge on any atom is -0.489 e. The van der Waals surface area contributed by atoms with E-state index >= 15 is 0 Å². The fourth-order valence-electron chi connectivity index (χ4n) is 1.44. The van der Waals surface area contributed by atoms with E-state index in [0.29, 0.717) is 23.7 Å². The van der Waals surface area contributed by atoms with Crippen LogP contribution in [0, 0.1) is 0 Å². The predicted octanol–water partition coefficient (Wildman–Crippen LogP) is 1.44. The van der Waals surface area contributed by atoms with Gasteiger partial charge in [-0.05, 0) is 25.5 Å². The molecule has 0 heterocycles. The number of benzene rings is 1. The van der Waals surface area contributed by atoms with Crippen molar-refractivity contribution in [2.24, 2.45) is 0 Å². The second-order valence-electron chi connectivity index (χ2n) is 4.22. The number of aliphatic hydroxyl groups excluding tert-OH is 2. The van der Waals surface area contributed by atoms with Crippen molar-refractivity contribution >= 4 is 11.6 Å². The highest BCUT2D eigenvalue weighted by Crippen LogP contribution is 2.22. The Labute approximate surface area is 113 Å². The van der Waals surface area contributed by atoms with E-state index in [1.54, 1.807) is 12.1 Å². The van der Waals surface area contributed by atoms with Crippen LogP contribution >= 0.6 is 11.6 Å². The minimum absolute atomic E-state index is 0.139. The summed E-state index contributed by atoms with van der Waals surface area (Å²) in [7, 11) is 0. The van der Waals surface area contributed by atoms with E-state index in [2.05, 4.69) is 5.32 Å². The summed E-state index contributed by atoms with van der Waals surface area (Å²) in [5.41, 5.74) is 0. The smallest absolute Gasteiger partial charge is 0.138 e. The molecule has 0 fully saturated rings. The molecule has 0 aliphatic heterocycles. The maximum Gasteiger partial charge on any atom is 0.138 e. The third-order valence-corrected chi connectivity index (χ3v) is 2.84. The van der Waals surface area contributed by atoms with E-state index in [1.165, 1.54) is 0 Å². The van der Waals surface area contributed by atoms with Gasteiger partial charge in [0.15, 0.2) is 0 Å². The van der Waals surface area contributed by atoms with Crippen molar-refractivity contribution in [1.29, 1.82) is 0 Å². The first kappa shape index (κ1) is 15.2. The number of hydrogen-bond donors (Lipinski definition) is 3. The van der Waals surface area contributed by atoms with Crippen LogP contribution in [0.2, 0.25) is 5.02 Å². The quantitative estimate of drug-likeness (QED) is 0.671. The predicted molar refractivity (Wildman–Crippen MR) is 72.1 cm³/mol. The zero-order chi connectivity index (χ0) is 13.4. The lowest BCUT2D eigenvalue weighted by Gasteiger charge is -2.17. The molecule has 0 saturated carbocycles. The second-order valence-corrected chi connectivity index (χ2v) is 4.62. The van der Waals surface area contributed by atoms with Crippen molar-refractivity contribution in [3.8, 4) is 5.75 Å². The normalized spacial score (nSPS) is 14.2. The number of rotatable bonds is 8. The van der Waals surface area contributed by atoms with Gasteiger partial charge < -0.3 is 20.3 Å². The molecular formula is C13H20ClNO3. The zero-order valence-corrected chi connectivity index (χ0v) is 11.2. The highest BCUT2D eigenvalue weighted by atomic mass is 35.5. The maximum atomic E-state index is 9.73. The molecule has 0 saturated heterocycles. The Hall–Kier alpha value is -0.810. The van der Waals surface area contributed by atoms with Crippen LogP contribution in [0.1, 0.15) is 13.3 Å². The summed E-state index contributed by atoms with van der Waals surface area (Å²) in [4.78, 5) is 0. The van der Waals surface area contributed by atoms with E-state index < -0.39 is 6.10 Å². The molecule has 2 unspecified atom stereocenters. The van der Waals surface area contributed by atoms with Crippen LogP contribution in [0.3, 0.4) is 0 Å². The molecule has 5 heteroatoms. The molecule has 0 aromatic heterocycles. The summed E-state index contributed by atoms with van der Waals surface area (Å²) in [6.45, 7) is 2.70. The van der Waals surface area contributed by atoms with Crippen LogP contribution < -0.4 is 10.1 Å². The third kappa shape index (κ3) is 5.69. The van der Waals surface area contributed by atoms with Crippen LogP contribution in [-0.2, 0) is 0 Å². The summed E-state index contributed by atoms with van der Waals surface area (Å²) in [5.74, 6) is 0.571. The molecule has 0 aliphatic rings. The Balaban J connectivity index is 2.25. The van der Waals surface area contributed by atoms with Crippen molar-refractivity contribution in [1.82, 2.24) is 5.32 Å². The molecule has 3 N–H and O–H groups in total. The molecule has 0 bridgehead atoms. The van der Waals surface area contributed by atoms with Gasteiger partial charge in [0.2, 0.25) is 0 Å². The molecule has 18 heavy (non-hydrogen) atoms. The van der Waals surface area contributed by atoms with Gasteiger partial charge in [-0.25, -0.2) is 0 Å². The van der Waals surface area contributed by atoms with Crippen molar-refractivity contribution in [2.45, 2.75) is 25.5 Å². The topological polar surface area (TPSA) is 61.7 Å². The van der Waals surface area contributed by atoms with Crippen LogP contribution in [0.15, 0.2) is 24.3 Å². The Morgan fingerprint density at radius 2 is 2.11 bits per heavy atom. The molecule has 4 nitrogen and oxygen atoms in total. The minimum atomic E-state index is -0.609. The summed E-state index contributed by atoms with van der Waals surface area (Å²) in [5, 5.41) is 22.1. The number of hydrogen-bond acceptors (Lipinski definition) is 4. The Bertz CT molecular complexity index is 349. The van der Waals surface area contributed by atoms with Gasteiger partial charge in [-0.15, -0.1) is 0 Å². The largest absolute Gasteiger partial charge is 0.489 e. The van der Waals surface area contributed by atoms with E-state index in [0.717, 1.165) is 0 Å². The summed E-state index contributed by atoms with van der Waals surface area (Å²) < 4.78 is 5.42. The summed E-state index contributed by atoms with van der Waals surface area (Å²) in [6.07, 6.45) is 0.0559. The van der Waals surface area contributed by atoms with Gasteiger partial charge in [0.25, 0.3) is 0 Å². The highest BCUT2D eigenvalue weighted by Gasteiger charge is 2.08. The Morgan fingerprint density at radius 3 is 2.78 bits per heavy atom. The molecular weight excluding hydrogens is 254 g/mol. The molecule has 102 valence electrons. The maximum absolute atomic E-state index is 9.73. The summed E-state index contributed by atoms with van der Waals surface area (Å²) in [6, 6.07) is 7.32. The highest BCUT2D eigenvalue weighted by molar-refractivity contribution is 6.32. The number of para-hydroxylation sites is 1. The van der Waals surface area contributed by atoms with Gasteiger partial charge in [0.05, 0.1) is 5.02 Å². The van der Waals surface area contributed by atoms with E-state index in [9.17, 15) is 5.11 Å². The first-order chi connectivity index (χ1) is 8.63. The lowest BCUT2D eigenvalue weighted by molar-refractivity contribution is 0.103. The number of nitrogens with one attached hydrogen (secondary N) is 1. The zero-order valence-electron chi connectivity index (χ0n) is 10.5. The van der Waals surface area contributed by atoms with Gasteiger partial charge in [-0.1, -0.05) is 23.7 Å². The molecule has 0 amide bonds. The lowest BCUT2D eigenvalue weighted by atomic mass is 10.2. The second kappa shape index (κ2) is 8.32. The SMILES string of the molecule is CC(CCO)NCC(O)COc1ccccc1Cl. The van der Waals surface area contributed by atoms with Crippen molar-refractivity contribution in [3.63, 3.8) is 0 Å². The van der Waals surface area contributed by atoms with E-state index in [1.807, 2.05) is 19.1 Å². The van der Waals surface area contributed by atoms with Gasteiger partial charge in [0.1, 0.15) is 18.5 Å². The fourth-order valence-corrected chi connectivity index (χ4v) is 1.63. The van der Waals surface area contributed by atoms with Gasteiger partial charge in [0, 0.05) is 19.2 Å².